The molecule has 1 aromatic carbocycles. The molecule has 1 N–H and O–H groups in total. The summed E-state index contributed by atoms with van der Waals surface area (Å²) in [5, 5.41) is 11.0. The van der Waals surface area contributed by atoms with E-state index in [-0.39, 0.29) is 17.2 Å². The van der Waals surface area contributed by atoms with E-state index in [9.17, 15) is 13.2 Å². The zero-order valence-electron chi connectivity index (χ0n) is 15.7. The van der Waals surface area contributed by atoms with E-state index in [0.29, 0.717) is 36.0 Å². The zero-order valence-corrected chi connectivity index (χ0v) is 18.1. The third-order valence-corrected chi connectivity index (χ3v) is 8.11. The molecular formula is C17H22N4O4S3. The first-order chi connectivity index (χ1) is 13.4. The number of hydrogen-bond acceptors (Lipinski definition) is 8. The third kappa shape index (κ3) is 4.83. The lowest BCUT2D eigenvalue weighted by molar-refractivity contribution is -0.116. The van der Waals surface area contributed by atoms with Gasteiger partial charge in [-0.2, -0.15) is 4.31 Å². The van der Waals surface area contributed by atoms with Crippen LogP contribution in [0.4, 0.5) is 5.13 Å². The lowest BCUT2D eigenvalue weighted by Gasteiger charge is -2.17. The van der Waals surface area contributed by atoms with Crippen molar-refractivity contribution >= 4 is 44.2 Å². The van der Waals surface area contributed by atoms with Gasteiger partial charge in [-0.25, -0.2) is 8.42 Å². The third-order valence-electron chi connectivity index (χ3n) is 4.40. The van der Waals surface area contributed by atoms with Gasteiger partial charge in [0, 0.05) is 19.5 Å². The number of benzene rings is 1. The highest BCUT2D eigenvalue weighted by molar-refractivity contribution is 8.00. The number of methoxy groups -OCH3 is 1. The van der Waals surface area contributed by atoms with Crippen molar-refractivity contribution in [2.75, 3.05) is 31.8 Å². The molecule has 152 valence electrons. The van der Waals surface area contributed by atoms with Gasteiger partial charge >= 0.3 is 0 Å². The number of nitrogens with one attached hydrogen (secondary N) is 1. The van der Waals surface area contributed by atoms with Crippen molar-refractivity contribution in [2.24, 2.45) is 0 Å². The first-order valence-electron chi connectivity index (χ1n) is 8.78. The molecule has 1 aliphatic rings. The fraction of sp³-hybridized carbons (Fsp3) is 0.471. The number of rotatable bonds is 8. The Hall–Kier alpha value is -1.69. The second-order valence-electron chi connectivity index (χ2n) is 6.21. The normalized spacial score (nSPS) is 14.9. The lowest BCUT2D eigenvalue weighted by atomic mass is 10.1. The molecule has 0 saturated carbocycles. The van der Waals surface area contributed by atoms with Crippen LogP contribution in [-0.4, -0.2) is 55.3 Å². The Bertz CT molecular complexity index is 940. The molecule has 0 spiro atoms. The van der Waals surface area contributed by atoms with E-state index in [1.807, 2.05) is 6.26 Å². The van der Waals surface area contributed by atoms with Crippen LogP contribution < -0.4 is 10.1 Å². The minimum atomic E-state index is -3.52. The molecule has 8 nitrogen and oxygen atoms in total. The van der Waals surface area contributed by atoms with Crippen LogP contribution >= 0.6 is 23.1 Å². The average molecular weight is 443 g/mol. The van der Waals surface area contributed by atoms with E-state index in [1.54, 1.807) is 18.2 Å². The van der Waals surface area contributed by atoms with Crippen LogP contribution in [0.3, 0.4) is 0 Å². The molecule has 0 atom stereocenters. The molecule has 11 heteroatoms. The van der Waals surface area contributed by atoms with Crippen molar-refractivity contribution in [1.82, 2.24) is 14.5 Å². The largest absolute Gasteiger partial charge is 0.496 e. The summed E-state index contributed by atoms with van der Waals surface area (Å²) in [7, 11) is -1.99. The predicted octanol–water partition coefficient (Wildman–Crippen LogP) is 2.62. The highest BCUT2D eigenvalue weighted by Gasteiger charge is 2.27. The number of aromatic nitrogens is 2. The van der Waals surface area contributed by atoms with Crippen LogP contribution in [0.5, 0.6) is 5.75 Å². The summed E-state index contributed by atoms with van der Waals surface area (Å²) in [6, 6.07) is 4.81. The van der Waals surface area contributed by atoms with Crippen molar-refractivity contribution in [3.05, 3.63) is 23.8 Å². The summed E-state index contributed by atoms with van der Waals surface area (Å²) in [6.45, 7) is 1.10. The van der Waals surface area contributed by atoms with Crippen LogP contribution in [0.15, 0.2) is 27.4 Å². The highest BCUT2D eigenvalue weighted by Crippen LogP contribution is 2.28. The van der Waals surface area contributed by atoms with Gasteiger partial charge in [-0.1, -0.05) is 23.1 Å². The van der Waals surface area contributed by atoms with Crippen LogP contribution in [0.2, 0.25) is 0 Å². The molecule has 3 rings (SSSR count). The van der Waals surface area contributed by atoms with E-state index >= 15 is 0 Å². The molecule has 1 aromatic heterocycles. The van der Waals surface area contributed by atoms with E-state index in [2.05, 4.69) is 15.5 Å². The maximum atomic E-state index is 12.8. The van der Waals surface area contributed by atoms with Crippen LogP contribution in [0.1, 0.15) is 24.8 Å². The topological polar surface area (TPSA) is 101 Å². The van der Waals surface area contributed by atoms with E-state index in [0.717, 1.165) is 17.2 Å². The molecule has 28 heavy (non-hydrogen) atoms. The highest BCUT2D eigenvalue weighted by atomic mass is 32.2. The molecule has 2 aromatic rings. The Kier molecular flexibility index (Phi) is 6.91. The second kappa shape index (κ2) is 9.21. The van der Waals surface area contributed by atoms with Gasteiger partial charge in [0.25, 0.3) is 0 Å². The monoisotopic (exact) mass is 442 g/mol. The molecule has 1 saturated heterocycles. The SMILES string of the molecule is COc1ccc(S(=O)(=O)N2CCCC2)cc1CCC(=O)Nc1nnc(SC)s1. The maximum absolute atomic E-state index is 12.8. The number of hydrogen-bond donors (Lipinski definition) is 1. The fourth-order valence-electron chi connectivity index (χ4n) is 2.96. The smallest absolute Gasteiger partial charge is 0.243 e. The minimum absolute atomic E-state index is 0.178. The Morgan fingerprint density at radius 3 is 2.71 bits per heavy atom. The quantitative estimate of drug-likeness (QED) is 0.495. The second-order valence-corrected chi connectivity index (χ2v) is 10.2. The van der Waals surface area contributed by atoms with Crippen molar-refractivity contribution in [2.45, 2.75) is 34.9 Å². The van der Waals surface area contributed by atoms with E-state index < -0.39 is 10.0 Å². The number of ether oxygens (including phenoxy) is 1. The Morgan fingerprint density at radius 2 is 2.07 bits per heavy atom. The van der Waals surface area contributed by atoms with Crippen LogP contribution in [0.25, 0.3) is 0 Å². The maximum Gasteiger partial charge on any atom is 0.243 e. The number of sulfonamides is 1. The van der Waals surface area contributed by atoms with Gasteiger partial charge in [0.2, 0.25) is 21.1 Å². The summed E-state index contributed by atoms with van der Waals surface area (Å²) in [5.41, 5.74) is 0.681. The van der Waals surface area contributed by atoms with Gasteiger partial charge in [-0.3, -0.25) is 4.79 Å². The summed E-state index contributed by atoms with van der Waals surface area (Å²) in [4.78, 5) is 12.5. The van der Waals surface area contributed by atoms with Crippen molar-refractivity contribution in [1.29, 1.82) is 0 Å². The first-order valence-corrected chi connectivity index (χ1v) is 12.3. The average Bonchev–Trinajstić information content (AvgIpc) is 3.38. The molecular weight excluding hydrogens is 420 g/mol. The lowest BCUT2D eigenvalue weighted by Crippen LogP contribution is -2.28. The molecule has 1 amide bonds. The number of nitrogens with zero attached hydrogens (tertiary/aromatic N) is 3. The first kappa shape index (κ1) is 21.0. The van der Waals surface area contributed by atoms with Crippen molar-refractivity contribution in [3.63, 3.8) is 0 Å². The molecule has 0 aliphatic carbocycles. The summed E-state index contributed by atoms with van der Waals surface area (Å²) >= 11 is 2.77. The number of carbonyl (C=O) groups excluding carboxylic acids is 1. The molecule has 0 unspecified atom stereocenters. The predicted molar refractivity (Wildman–Crippen MR) is 110 cm³/mol. The van der Waals surface area contributed by atoms with E-state index in [4.69, 9.17) is 4.74 Å². The van der Waals surface area contributed by atoms with Crippen LogP contribution in [0, 0.1) is 0 Å². The number of anilines is 1. The van der Waals surface area contributed by atoms with Crippen molar-refractivity contribution in [3.8, 4) is 5.75 Å². The molecule has 2 heterocycles. The molecule has 1 aliphatic heterocycles. The van der Waals surface area contributed by atoms with Gasteiger partial charge in [0.15, 0.2) is 4.34 Å². The van der Waals surface area contributed by atoms with Crippen molar-refractivity contribution < 1.29 is 17.9 Å². The Morgan fingerprint density at radius 1 is 1.32 bits per heavy atom. The Labute approximate surface area is 172 Å². The van der Waals surface area contributed by atoms with Gasteiger partial charge in [-0.15, -0.1) is 10.2 Å². The minimum Gasteiger partial charge on any atom is -0.496 e. The fourth-order valence-corrected chi connectivity index (χ4v) is 5.72. The van der Waals surface area contributed by atoms with Gasteiger partial charge in [0.1, 0.15) is 5.75 Å². The number of thioether (sulfide) groups is 1. The molecule has 0 radical (unpaired) electrons. The number of amides is 1. The molecule has 0 bridgehead atoms. The number of aryl methyl sites for hydroxylation is 1. The molecule has 1 fully saturated rings. The zero-order chi connectivity index (χ0) is 20.1. The summed E-state index contributed by atoms with van der Waals surface area (Å²) in [5.74, 6) is 0.354. The van der Waals surface area contributed by atoms with Crippen LogP contribution in [-0.2, 0) is 21.2 Å². The van der Waals surface area contributed by atoms with Gasteiger partial charge < -0.3 is 10.1 Å². The summed E-state index contributed by atoms with van der Waals surface area (Å²) < 4.78 is 33.2. The number of carbonyl (C=O) groups is 1. The Balaban J connectivity index is 1.70. The van der Waals surface area contributed by atoms with Gasteiger partial charge in [-0.05, 0) is 49.3 Å². The van der Waals surface area contributed by atoms with Gasteiger partial charge in [0.05, 0.1) is 12.0 Å². The van der Waals surface area contributed by atoms with E-state index in [1.165, 1.54) is 34.5 Å². The summed E-state index contributed by atoms with van der Waals surface area (Å²) in [6.07, 6.45) is 4.18. The standard InChI is InChI=1S/C17H22N4O4S3/c1-25-14-7-6-13(28(23,24)21-9-3-4-10-21)11-12(14)5-8-15(22)18-16-19-20-17(26-2)27-16/h6-7,11H,3-5,8-10H2,1-2H3,(H,18,19,22).